The molecular formula is C24H26ClN5O4S. The highest BCUT2D eigenvalue weighted by molar-refractivity contribution is 7.99. The first-order valence-electron chi connectivity index (χ1n) is 10.8. The van der Waals surface area contributed by atoms with Gasteiger partial charge in [0.1, 0.15) is 0 Å². The molecule has 1 aromatic heterocycles. The normalized spacial score (nSPS) is 11.7. The van der Waals surface area contributed by atoms with Crippen LogP contribution in [-0.2, 0) is 16.6 Å². The van der Waals surface area contributed by atoms with Crippen LogP contribution in [0.2, 0.25) is 5.02 Å². The van der Waals surface area contributed by atoms with E-state index in [-0.39, 0.29) is 23.5 Å². The number of ether oxygens (including phenoxy) is 1. The van der Waals surface area contributed by atoms with Gasteiger partial charge in [0.15, 0.2) is 11.0 Å². The predicted octanol–water partition coefficient (Wildman–Crippen LogP) is 4.11. The zero-order valence-electron chi connectivity index (χ0n) is 19.7. The van der Waals surface area contributed by atoms with Crippen molar-refractivity contribution in [3.8, 4) is 0 Å². The summed E-state index contributed by atoms with van der Waals surface area (Å²) in [5.74, 6) is -0.287. The molecule has 0 radical (unpaired) electrons. The van der Waals surface area contributed by atoms with Crippen LogP contribution in [-0.4, -0.2) is 45.4 Å². The number of methoxy groups -OCH3 is 1. The van der Waals surface area contributed by atoms with Crippen molar-refractivity contribution < 1.29 is 19.1 Å². The highest BCUT2D eigenvalue weighted by Crippen LogP contribution is 2.25. The minimum atomic E-state index is -0.445. The van der Waals surface area contributed by atoms with Crippen molar-refractivity contribution in [1.82, 2.24) is 20.1 Å². The van der Waals surface area contributed by atoms with E-state index >= 15 is 0 Å². The topological polar surface area (TPSA) is 115 Å². The van der Waals surface area contributed by atoms with Crippen molar-refractivity contribution in [3.63, 3.8) is 0 Å². The number of nitrogens with one attached hydrogen (secondary N) is 2. The first-order valence-corrected chi connectivity index (χ1v) is 12.1. The fourth-order valence-electron chi connectivity index (χ4n) is 3.25. The maximum absolute atomic E-state index is 12.8. The Morgan fingerprint density at radius 1 is 1.09 bits per heavy atom. The van der Waals surface area contributed by atoms with Gasteiger partial charge in [-0.05, 0) is 42.3 Å². The first-order chi connectivity index (χ1) is 16.7. The molecule has 9 nitrogen and oxygen atoms in total. The van der Waals surface area contributed by atoms with Gasteiger partial charge in [0, 0.05) is 12.7 Å². The summed E-state index contributed by atoms with van der Waals surface area (Å²) in [5, 5.41) is 15.1. The molecule has 11 heteroatoms. The monoisotopic (exact) mass is 515 g/mol. The van der Waals surface area contributed by atoms with E-state index < -0.39 is 12.0 Å². The van der Waals surface area contributed by atoms with Crippen LogP contribution in [0.15, 0.2) is 53.7 Å². The summed E-state index contributed by atoms with van der Waals surface area (Å²) in [6, 6.07) is 12.8. The Morgan fingerprint density at radius 2 is 1.77 bits per heavy atom. The van der Waals surface area contributed by atoms with Crippen molar-refractivity contribution >= 4 is 46.8 Å². The van der Waals surface area contributed by atoms with Crippen molar-refractivity contribution in [3.05, 3.63) is 70.5 Å². The molecule has 0 spiro atoms. The summed E-state index contributed by atoms with van der Waals surface area (Å²) in [6.45, 7) is 3.94. The Hall–Kier alpha value is -3.37. The van der Waals surface area contributed by atoms with Gasteiger partial charge in [-0.25, -0.2) is 4.79 Å². The van der Waals surface area contributed by atoms with Crippen LogP contribution in [0.5, 0.6) is 0 Å². The van der Waals surface area contributed by atoms with Gasteiger partial charge in [-0.1, -0.05) is 49.3 Å². The Balaban J connectivity index is 1.63. The number of halogens is 1. The molecule has 2 aromatic carbocycles. The lowest BCUT2D eigenvalue weighted by Crippen LogP contribution is -2.33. The Morgan fingerprint density at radius 3 is 2.40 bits per heavy atom. The fourth-order valence-corrected chi connectivity index (χ4v) is 4.19. The number of hydrogen-bond acceptors (Lipinski definition) is 7. The number of carbonyl (C=O) groups excluding carboxylic acids is 3. The molecule has 1 atom stereocenters. The van der Waals surface area contributed by atoms with Gasteiger partial charge >= 0.3 is 5.97 Å². The minimum absolute atomic E-state index is 0.0263. The van der Waals surface area contributed by atoms with E-state index in [2.05, 4.69) is 25.6 Å². The summed E-state index contributed by atoms with van der Waals surface area (Å²) >= 11 is 7.39. The van der Waals surface area contributed by atoms with Crippen LogP contribution in [0.3, 0.4) is 0 Å². The summed E-state index contributed by atoms with van der Waals surface area (Å²) in [7, 11) is 3.10. The maximum atomic E-state index is 12.8. The average Bonchev–Trinajstić information content (AvgIpc) is 3.20. The van der Waals surface area contributed by atoms with Crippen molar-refractivity contribution in [2.45, 2.75) is 25.0 Å². The molecule has 0 aliphatic rings. The maximum Gasteiger partial charge on any atom is 0.337 e. The van der Waals surface area contributed by atoms with Gasteiger partial charge < -0.3 is 19.9 Å². The third-order valence-corrected chi connectivity index (χ3v) is 6.49. The predicted molar refractivity (Wildman–Crippen MR) is 135 cm³/mol. The number of rotatable bonds is 9. The van der Waals surface area contributed by atoms with Crippen LogP contribution in [0.25, 0.3) is 0 Å². The van der Waals surface area contributed by atoms with E-state index in [1.807, 2.05) is 13.8 Å². The molecule has 3 rings (SSSR count). The molecule has 0 aliphatic heterocycles. The Bertz CT molecular complexity index is 1210. The van der Waals surface area contributed by atoms with Gasteiger partial charge in [-0.3, -0.25) is 9.59 Å². The second kappa shape index (κ2) is 11.9. The van der Waals surface area contributed by atoms with E-state index in [9.17, 15) is 14.4 Å². The molecule has 2 amide bonds. The standard InChI is InChI=1S/C24H26ClN5O4S/c1-14(2)20(27-22(32)17-7-5-6-8-18(17)25)21-28-29-24(30(21)3)35-13-19(31)26-16-11-9-15(10-12-16)23(33)34-4/h5-12,14,20H,13H2,1-4H3,(H,26,31)(H,27,32)/t20-/m1/s1. The number of nitrogens with zero attached hydrogens (tertiary/aromatic N) is 3. The van der Waals surface area contributed by atoms with E-state index in [4.69, 9.17) is 11.6 Å². The highest BCUT2D eigenvalue weighted by Gasteiger charge is 2.26. The number of benzene rings is 2. The molecule has 3 aromatic rings. The molecule has 0 fully saturated rings. The fraction of sp³-hybridized carbons (Fsp3) is 0.292. The van der Waals surface area contributed by atoms with Crippen LogP contribution in [0.1, 0.15) is 46.4 Å². The van der Waals surface area contributed by atoms with E-state index in [1.165, 1.54) is 18.9 Å². The molecule has 0 unspecified atom stereocenters. The van der Waals surface area contributed by atoms with Crippen LogP contribution in [0, 0.1) is 5.92 Å². The zero-order chi connectivity index (χ0) is 25.5. The summed E-state index contributed by atoms with van der Waals surface area (Å²) in [6.07, 6.45) is 0. The van der Waals surface area contributed by atoms with E-state index in [0.29, 0.717) is 32.8 Å². The largest absolute Gasteiger partial charge is 0.465 e. The number of aromatic nitrogens is 3. The van der Waals surface area contributed by atoms with Crippen molar-refractivity contribution in [2.24, 2.45) is 13.0 Å². The molecule has 0 saturated carbocycles. The van der Waals surface area contributed by atoms with E-state index in [0.717, 1.165) is 0 Å². The number of carbonyl (C=O) groups is 3. The molecule has 0 saturated heterocycles. The number of amides is 2. The number of hydrogen-bond donors (Lipinski definition) is 2. The lowest BCUT2D eigenvalue weighted by atomic mass is 10.0. The van der Waals surface area contributed by atoms with Gasteiger partial charge in [0.2, 0.25) is 5.91 Å². The van der Waals surface area contributed by atoms with Gasteiger partial charge in [-0.15, -0.1) is 10.2 Å². The molecular weight excluding hydrogens is 490 g/mol. The second-order valence-electron chi connectivity index (χ2n) is 7.98. The number of thioether (sulfide) groups is 1. The van der Waals surface area contributed by atoms with Crippen molar-refractivity contribution in [1.29, 1.82) is 0 Å². The Kier molecular flexibility index (Phi) is 8.89. The summed E-state index contributed by atoms with van der Waals surface area (Å²) in [5.41, 5.74) is 1.34. The van der Waals surface area contributed by atoms with Crippen LogP contribution >= 0.6 is 23.4 Å². The molecule has 1 heterocycles. The number of esters is 1. The molecule has 184 valence electrons. The molecule has 2 N–H and O–H groups in total. The second-order valence-corrected chi connectivity index (χ2v) is 9.33. The summed E-state index contributed by atoms with van der Waals surface area (Å²) < 4.78 is 6.43. The molecule has 0 bridgehead atoms. The Labute approximate surface area is 212 Å². The molecule has 0 aliphatic carbocycles. The van der Waals surface area contributed by atoms with Crippen LogP contribution in [0.4, 0.5) is 5.69 Å². The summed E-state index contributed by atoms with van der Waals surface area (Å²) in [4.78, 5) is 36.7. The van der Waals surface area contributed by atoms with E-state index in [1.54, 1.807) is 60.1 Å². The lowest BCUT2D eigenvalue weighted by Gasteiger charge is -2.22. The number of anilines is 1. The quantitative estimate of drug-likeness (QED) is 0.325. The van der Waals surface area contributed by atoms with Gasteiger partial charge in [-0.2, -0.15) is 0 Å². The third kappa shape index (κ3) is 6.61. The SMILES string of the molecule is COC(=O)c1ccc(NC(=O)CSc2nnc([C@H](NC(=O)c3ccccc3Cl)C(C)C)n2C)cc1. The molecule has 35 heavy (non-hydrogen) atoms. The first kappa shape index (κ1) is 26.2. The smallest absolute Gasteiger partial charge is 0.337 e. The average molecular weight is 516 g/mol. The van der Waals surface area contributed by atoms with Crippen LogP contribution < -0.4 is 10.6 Å². The van der Waals surface area contributed by atoms with Crippen molar-refractivity contribution in [2.75, 3.05) is 18.2 Å². The third-order valence-electron chi connectivity index (χ3n) is 5.14. The minimum Gasteiger partial charge on any atom is -0.465 e. The highest BCUT2D eigenvalue weighted by atomic mass is 35.5. The van der Waals surface area contributed by atoms with Gasteiger partial charge in [0.05, 0.1) is 35.1 Å². The van der Waals surface area contributed by atoms with Gasteiger partial charge in [0.25, 0.3) is 5.91 Å². The lowest BCUT2D eigenvalue weighted by molar-refractivity contribution is -0.113. The zero-order valence-corrected chi connectivity index (χ0v) is 21.3.